The van der Waals surface area contributed by atoms with Gasteiger partial charge in [-0.25, -0.2) is 14.1 Å². The maximum absolute atomic E-state index is 12.9. The number of hydrogen-bond donors (Lipinski definition) is 0. The molecule has 0 radical (unpaired) electrons. The Morgan fingerprint density at radius 3 is 2.92 bits per heavy atom. The average Bonchev–Trinajstić information content (AvgIpc) is 2.92. The molecule has 0 fully saturated rings. The zero-order valence-corrected chi connectivity index (χ0v) is 21.2. The molecule has 2 aliphatic rings. The van der Waals surface area contributed by atoms with Gasteiger partial charge in [-0.1, -0.05) is 66.8 Å². The van der Waals surface area contributed by atoms with Gasteiger partial charge in [-0.15, -0.1) is 6.58 Å². The second kappa shape index (κ2) is 14.6. The number of aliphatic imine (C=N–C) groups is 2. The Hall–Kier alpha value is -3.97. The highest BCUT2D eigenvalue weighted by Crippen LogP contribution is 2.24. The minimum Gasteiger partial charge on any atom is -0.366 e. The lowest BCUT2D eigenvalue weighted by Crippen LogP contribution is -2.27. The van der Waals surface area contributed by atoms with Crippen LogP contribution in [0.25, 0.3) is 5.70 Å². The molecule has 2 heterocycles. The lowest BCUT2D eigenvalue weighted by Gasteiger charge is -2.22. The highest BCUT2D eigenvalue weighted by molar-refractivity contribution is 5.95. The quantitative estimate of drug-likeness (QED) is 0.271. The van der Waals surface area contributed by atoms with E-state index >= 15 is 0 Å². The Balaban J connectivity index is 1.61. The summed E-state index contributed by atoms with van der Waals surface area (Å²) in [6, 6.07) is 1.45. The fourth-order valence-electron chi connectivity index (χ4n) is 3.81. The van der Waals surface area contributed by atoms with Gasteiger partial charge in [0, 0.05) is 30.8 Å². The fraction of sp³-hybridized carbons (Fsp3) is 0.267. The molecule has 6 nitrogen and oxygen atoms in total. The third-order valence-corrected chi connectivity index (χ3v) is 5.71. The Kier molecular flexibility index (Phi) is 10.9. The maximum atomic E-state index is 12.9. The van der Waals surface area contributed by atoms with E-state index in [4.69, 9.17) is 4.74 Å². The molecule has 0 saturated heterocycles. The van der Waals surface area contributed by atoms with Crippen molar-refractivity contribution in [2.45, 2.75) is 32.3 Å². The van der Waals surface area contributed by atoms with Crippen molar-refractivity contribution in [3.63, 3.8) is 0 Å². The second-order valence-corrected chi connectivity index (χ2v) is 8.67. The summed E-state index contributed by atoms with van der Waals surface area (Å²) in [5.74, 6) is 0.773. The van der Waals surface area contributed by atoms with Gasteiger partial charge in [0.1, 0.15) is 17.6 Å². The zero-order valence-electron chi connectivity index (χ0n) is 21.2. The predicted octanol–water partition coefficient (Wildman–Crippen LogP) is 5.75. The number of allylic oxidation sites excluding steroid dienone is 11. The van der Waals surface area contributed by atoms with E-state index in [-0.39, 0.29) is 17.5 Å². The van der Waals surface area contributed by atoms with E-state index < -0.39 is 0 Å². The number of ether oxygens (including phenoxy) is 1. The molecule has 1 aromatic rings. The lowest BCUT2D eigenvalue weighted by molar-refractivity contribution is 0.126. The lowest BCUT2D eigenvalue weighted by atomic mass is 9.90. The van der Waals surface area contributed by atoms with Crippen LogP contribution < -0.4 is 5.43 Å². The van der Waals surface area contributed by atoms with Crippen LogP contribution in [0.4, 0.5) is 4.39 Å². The molecule has 0 N–H and O–H groups in total. The van der Waals surface area contributed by atoms with Crippen LogP contribution in [0.15, 0.2) is 118 Å². The highest BCUT2D eigenvalue weighted by Gasteiger charge is 2.21. The molecule has 3 rings (SSSR count). The van der Waals surface area contributed by atoms with E-state index in [0.717, 1.165) is 17.0 Å². The molecule has 192 valence electrons. The number of hydrogen-bond acceptors (Lipinski definition) is 5. The first kappa shape index (κ1) is 27.6. The molecule has 2 atom stereocenters. The molecule has 0 saturated carbocycles. The monoisotopic (exact) mass is 500 g/mol. The van der Waals surface area contributed by atoms with E-state index in [1.54, 1.807) is 18.2 Å². The second-order valence-electron chi connectivity index (χ2n) is 8.67. The Morgan fingerprint density at radius 2 is 2.19 bits per heavy atom. The largest absolute Gasteiger partial charge is 0.366 e. The minimum absolute atomic E-state index is 0.0197. The van der Waals surface area contributed by atoms with Crippen molar-refractivity contribution in [2.75, 3.05) is 13.2 Å². The average molecular weight is 501 g/mol. The van der Waals surface area contributed by atoms with Gasteiger partial charge in [0.25, 0.3) is 0 Å². The van der Waals surface area contributed by atoms with Crippen LogP contribution in [0.3, 0.4) is 0 Å². The molecule has 1 aliphatic heterocycles. The van der Waals surface area contributed by atoms with Crippen LogP contribution in [0.1, 0.15) is 25.5 Å². The molecule has 2 unspecified atom stereocenters. The standard InChI is InChI=1S/C30H33FN4O2/c1-4-6-8-10-23(3)22-37-27-20-32-30(33-21-27)25-12-9-11-24(18-25)19-28-29(36)15-17-35(34-28)26(14-16-31)13-7-5-2/h4-6,8-17,20,25,27H,1-2,7,18-19,21-22H2,3H3/b8-6-,16-14+,23-10+,26-13?. The van der Waals surface area contributed by atoms with Gasteiger partial charge in [0.05, 0.1) is 25.2 Å². The summed E-state index contributed by atoms with van der Waals surface area (Å²) in [4.78, 5) is 21.7. The molecule has 0 amide bonds. The number of nitrogens with zero attached hydrogens (tertiary/aromatic N) is 4. The summed E-state index contributed by atoms with van der Waals surface area (Å²) in [6.45, 7) is 10.4. The molecule has 1 aromatic heterocycles. The first-order valence-corrected chi connectivity index (χ1v) is 12.2. The summed E-state index contributed by atoms with van der Waals surface area (Å²) in [5.41, 5.74) is 2.92. The van der Waals surface area contributed by atoms with Gasteiger partial charge in [-0.3, -0.25) is 9.79 Å². The summed E-state index contributed by atoms with van der Waals surface area (Å²) in [6.07, 6.45) is 23.6. The van der Waals surface area contributed by atoms with Crippen LogP contribution in [0.5, 0.6) is 0 Å². The van der Waals surface area contributed by atoms with E-state index in [0.29, 0.717) is 50.1 Å². The van der Waals surface area contributed by atoms with Crippen molar-refractivity contribution in [3.05, 3.63) is 120 Å². The molecule has 0 aromatic carbocycles. The van der Waals surface area contributed by atoms with Crippen LogP contribution in [0, 0.1) is 5.92 Å². The van der Waals surface area contributed by atoms with Crippen molar-refractivity contribution in [1.29, 1.82) is 0 Å². The summed E-state index contributed by atoms with van der Waals surface area (Å²) in [5, 5.41) is 4.47. The fourth-order valence-corrected chi connectivity index (χ4v) is 3.81. The number of aromatic nitrogens is 2. The van der Waals surface area contributed by atoms with Gasteiger partial charge >= 0.3 is 0 Å². The predicted molar refractivity (Wildman–Crippen MR) is 150 cm³/mol. The summed E-state index contributed by atoms with van der Waals surface area (Å²) < 4.78 is 20.3. The number of amidine groups is 1. The van der Waals surface area contributed by atoms with Crippen LogP contribution in [-0.4, -0.2) is 41.1 Å². The SMILES string of the molecule is C=C/C=C\C=C(/C)COC1C=NC(C2C=CC=C(Cc3nn(C(=CCC=C)/C=C/F)ccc3=O)C2)=NC1. The van der Waals surface area contributed by atoms with Crippen molar-refractivity contribution in [3.8, 4) is 0 Å². The number of halogens is 1. The molecule has 1 aliphatic carbocycles. The van der Waals surface area contributed by atoms with Crippen molar-refractivity contribution in [2.24, 2.45) is 15.9 Å². The molecule has 37 heavy (non-hydrogen) atoms. The van der Waals surface area contributed by atoms with E-state index in [1.165, 1.54) is 23.0 Å². The minimum atomic E-state index is -0.160. The molecule has 0 bridgehead atoms. The first-order chi connectivity index (χ1) is 18.0. The van der Waals surface area contributed by atoms with Crippen LogP contribution >= 0.6 is 0 Å². The smallest absolute Gasteiger partial charge is 0.203 e. The first-order valence-electron chi connectivity index (χ1n) is 12.2. The van der Waals surface area contributed by atoms with Gasteiger partial charge in [0.2, 0.25) is 5.43 Å². The Labute approximate surface area is 217 Å². The van der Waals surface area contributed by atoms with Crippen LogP contribution in [0.2, 0.25) is 0 Å². The maximum Gasteiger partial charge on any atom is 0.203 e. The van der Waals surface area contributed by atoms with E-state index in [9.17, 15) is 9.18 Å². The third kappa shape index (κ3) is 8.58. The van der Waals surface area contributed by atoms with Crippen molar-refractivity contribution >= 4 is 17.7 Å². The molecule has 0 spiro atoms. The number of rotatable bonds is 12. The Bertz CT molecular complexity index is 1270. The summed E-state index contributed by atoms with van der Waals surface area (Å²) in [7, 11) is 0. The van der Waals surface area contributed by atoms with Gasteiger partial charge in [0.15, 0.2) is 0 Å². The van der Waals surface area contributed by atoms with Crippen molar-refractivity contribution in [1.82, 2.24) is 9.78 Å². The zero-order chi connectivity index (χ0) is 26.5. The summed E-state index contributed by atoms with van der Waals surface area (Å²) >= 11 is 0. The van der Waals surface area contributed by atoms with Gasteiger partial charge < -0.3 is 4.74 Å². The molecular weight excluding hydrogens is 467 g/mol. The molecular formula is C30H33FN4O2. The highest BCUT2D eigenvalue weighted by atomic mass is 19.1. The Morgan fingerprint density at radius 1 is 1.32 bits per heavy atom. The topological polar surface area (TPSA) is 68.8 Å². The van der Waals surface area contributed by atoms with E-state index in [2.05, 4.69) is 34.3 Å². The van der Waals surface area contributed by atoms with Gasteiger partial charge in [-0.05, 0) is 31.4 Å². The van der Waals surface area contributed by atoms with Crippen molar-refractivity contribution < 1.29 is 9.13 Å². The molecule has 7 heteroatoms. The normalized spacial score (nSPS) is 20.4. The van der Waals surface area contributed by atoms with Crippen LogP contribution in [-0.2, 0) is 11.2 Å². The van der Waals surface area contributed by atoms with Gasteiger partial charge in [-0.2, -0.15) is 5.10 Å². The van der Waals surface area contributed by atoms with E-state index in [1.807, 2.05) is 43.5 Å². The third-order valence-electron chi connectivity index (χ3n) is 5.71.